The minimum absolute atomic E-state index is 0.0352. The van der Waals surface area contributed by atoms with Crippen molar-refractivity contribution in [1.82, 2.24) is 9.55 Å². The van der Waals surface area contributed by atoms with Crippen LogP contribution < -0.4 is 5.56 Å². The van der Waals surface area contributed by atoms with Gasteiger partial charge in [0.2, 0.25) is 0 Å². The Hall–Kier alpha value is -1.67. The van der Waals surface area contributed by atoms with E-state index in [1.54, 1.807) is 4.57 Å². The highest BCUT2D eigenvalue weighted by atomic mass is 32.2. The first-order valence-electron chi connectivity index (χ1n) is 7.24. The van der Waals surface area contributed by atoms with E-state index in [1.165, 1.54) is 23.1 Å². The van der Waals surface area contributed by atoms with Gasteiger partial charge in [-0.05, 0) is 23.6 Å². The number of hydrogen-bond acceptors (Lipinski definition) is 6. The molecule has 0 atom stereocenters. The zero-order valence-electron chi connectivity index (χ0n) is 12.2. The molecule has 0 spiro atoms. The van der Waals surface area contributed by atoms with Crippen molar-refractivity contribution in [2.75, 3.05) is 19.0 Å². The van der Waals surface area contributed by atoms with Crippen molar-refractivity contribution in [1.29, 1.82) is 0 Å². The van der Waals surface area contributed by atoms with E-state index in [1.807, 2.05) is 41.8 Å². The molecule has 0 radical (unpaired) electrons. The quantitative estimate of drug-likeness (QED) is 0.537. The highest BCUT2D eigenvalue weighted by Crippen LogP contribution is 2.25. The number of fused-ring (bicyclic) bond motifs is 1. The Morgan fingerprint density at radius 1 is 1.22 bits per heavy atom. The van der Waals surface area contributed by atoms with Gasteiger partial charge in [-0.1, -0.05) is 30.0 Å². The highest BCUT2D eigenvalue weighted by molar-refractivity contribution is 7.99. The van der Waals surface area contributed by atoms with Crippen molar-refractivity contribution in [3.63, 3.8) is 0 Å². The third kappa shape index (κ3) is 2.92. The number of rotatable bonds is 4. The third-order valence-corrected chi connectivity index (χ3v) is 5.37. The lowest BCUT2D eigenvalue weighted by atomic mass is 10.3. The summed E-state index contributed by atoms with van der Waals surface area (Å²) in [5.41, 5.74) is 1.52. The summed E-state index contributed by atoms with van der Waals surface area (Å²) in [6.07, 6.45) is -0.237. The first-order valence-corrected chi connectivity index (χ1v) is 9.11. The minimum Gasteiger partial charge on any atom is -0.349 e. The number of thioether (sulfide) groups is 1. The summed E-state index contributed by atoms with van der Waals surface area (Å²) in [4.78, 5) is 17.5. The molecule has 5 nitrogen and oxygen atoms in total. The van der Waals surface area contributed by atoms with E-state index in [9.17, 15) is 4.79 Å². The molecule has 7 heteroatoms. The van der Waals surface area contributed by atoms with Crippen molar-refractivity contribution in [2.24, 2.45) is 0 Å². The van der Waals surface area contributed by atoms with E-state index in [4.69, 9.17) is 9.47 Å². The maximum atomic E-state index is 12.9. The van der Waals surface area contributed by atoms with E-state index in [0.717, 1.165) is 11.2 Å². The largest absolute Gasteiger partial charge is 0.349 e. The highest BCUT2D eigenvalue weighted by Gasteiger charge is 2.19. The fraction of sp³-hybridized carbons (Fsp3) is 0.250. The van der Waals surface area contributed by atoms with Crippen molar-refractivity contribution < 1.29 is 9.47 Å². The second-order valence-electron chi connectivity index (χ2n) is 4.99. The maximum Gasteiger partial charge on any atom is 0.276 e. The molecule has 3 aromatic rings. The van der Waals surface area contributed by atoms with Gasteiger partial charge >= 0.3 is 0 Å². The Balaban J connectivity index is 1.78. The fourth-order valence-corrected chi connectivity index (χ4v) is 4.16. The maximum absolute atomic E-state index is 12.9. The second kappa shape index (κ2) is 6.45. The second-order valence-corrected chi connectivity index (χ2v) is 6.89. The van der Waals surface area contributed by atoms with Crippen LogP contribution in [0.15, 0.2) is 51.7 Å². The summed E-state index contributed by atoms with van der Waals surface area (Å²) in [5, 5.41) is 2.55. The van der Waals surface area contributed by atoms with Gasteiger partial charge < -0.3 is 9.47 Å². The normalized spacial score (nSPS) is 15.5. The van der Waals surface area contributed by atoms with Gasteiger partial charge in [-0.15, -0.1) is 11.3 Å². The minimum atomic E-state index is -0.237. The molecule has 1 fully saturated rings. The molecule has 0 unspecified atom stereocenters. The third-order valence-electron chi connectivity index (χ3n) is 3.50. The molecule has 0 bridgehead atoms. The number of hydrogen-bond donors (Lipinski definition) is 0. The monoisotopic (exact) mass is 346 g/mol. The number of nitrogens with zero attached hydrogens (tertiary/aromatic N) is 2. The molecule has 0 saturated carbocycles. The predicted octanol–water partition coefficient (Wildman–Crippen LogP) is 2.91. The Morgan fingerprint density at radius 2 is 2.00 bits per heavy atom. The van der Waals surface area contributed by atoms with Gasteiger partial charge in [-0.3, -0.25) is 9.36 Å². The van der Waals surface area contributed by atoms with Crippen LogP contribution in [-0.4, -0.2) is 34.8 Å². The number of thiophene rings is 1. The van der Waals surface area contributed by atoms with Crippen LogP contribution in [0.4, 0.5) is 0 Å². The molecular formula is C16H14N2O3S2. The van der Waals surface area contributed by atoms with Gasteiger partial charge in [0.1, 0.15) is 4.70 Å². The topological polar surface area (TPSA) is 53.4 Å². The molecule has 1 aromatic carbocycles. The number of benzene rings is 1. The average Bonchev–Trinajstić information content (AvgIpc) is 3.25. The van der Waals surface area contributed by atoms with Crippen LogP contribution in [0.2, 0.25) is 0 Å². The first kappa shape index (κ1) is 14.9. The summed E-state index contributed by atoms with van der Waals surface area (Å²) < 4.78 is 13.3. The van der Waals surface area contributed by atoms with Gasteiger partial charge in [0.05, 0.1) is 30.2 Å². The van der Waals surface area contributed by atoms with Crippen molar-refractivity contribution in [3.8, 4) is 5.69 Å². The SMILES string of the molecule is O=c1c2sccc2nc(SCC2OCCO2)n1-c1ccccc1. The molecule has 0 aliphatic carbocycles. The Kier molecular flexibility index (Phi) is 4.17. The van der Waals surface area contributed by atoms with Crippen LogP contribution in [0, 0.1) is 0 Å². The molecule has 23 heavy (non-hydrogen) atoms. The van der Waals surface area contributed by atoms with Gasteiger partial charge in [0.25, 0.3) is 5.56 Å². The first-order chi connectivity index (χ1) is 11.3. The smallest absolute Gasteiger partial charge is 0.276 e. The Labute approximate surface area is 140 Å². The molecule has 3 heterocycles. The Bertz CT molecular complexity index is 870. The predicted molar refractivity (Wildman–Crippen MR) is 91.6 cm³/mol. The van der Waals surface area contributed by atoms with Crippen LogP contribution in [-0.2, 0) is 9.47 Å². The fourth-order valence-electron chi connectivity index (χ4n) is 2.44. The molecule has 1 saturated heterocycles. The van der Waals surface area contributed by atoms with Crippen LogP contribution in [0.1, 0.15) is 0 Å². The zero-order chi connectivity index (χ0) is 15.6. The number of para-hydroxylation sites is 1. The zero-order valence-corrected chi connectivity index (χ0v) is 13.8. The molecule has 1 aliphatic heterocycles. The number of aromatic nitrogens is 2. The van der Waals surface area contributed by atoms with E-state index < -0.39 is 0 Å². The van der Waals surface area contributed by atoms with Crippen LogP contribution in [0.3, 0.4) is 0 Å². The molecule has 1 aliphatic rings. The van der Waals surface area contributed by atoms with Crippen molar-refractivity contribution in [3.05, 3.63) is 52.1 Å². The van der Waals surface area contributed by atoms with Gasteiger partial charge in [0.15, 0.2) is 11.4 Å². The lowest BCUT2D eigenvalue weighted by Gasteiger charge is -2.13. The van der Waals surface area contributed by atoms with Crippen LogP contribution in [0.25, 0.3) is 15.9 Å². The van der Waals surface area contributed by atoms with Crippen LogP contribution in [0.5, 0.6) is 0 Å². The van der Waals surface area contributed by atoms with E-state index in [0.29, 0.717) is 28.8 Å². The summed E-state index contributed by atoms with van der Waals surface area (Å²) >= 11 is 2.90. The summed E-state index contributed by atoms with van der Waals surface area (Å²) in [6, 6.07) is 11.5. The van der Waals surface area contributed by atoms with Crippen LogP contribution >= 0.6 is 23.1 Å². The van der Waals surface area contributed by atoms with Crippen molar-refractivity contribution in [2.45, 2.75) is 11.4 Å². The van der Waals surface area contributed by atoms with Gasteiger partial charge in [-0.2, -0.15) is 0 Å². The number of ether oxygens (including phenoxy) is 2. The summed E-state index contributed by atoms with van der Waals surface area (Å²) in [6.45, 7) is 1.24. The van der Waals surface area contributed by atoms with E-state index in [2.05, 4.69) is 4.98 Å². The molecule has 118 valence electrons. The van der Waals surface area contributed by atoms with Crippen molar-refractivity contribution >= 4 is 33.3 Å². The Morgan fingerprint density at radius 3 is 2.78 bits per heavy atom. The van der Waals surface area contributed by atoms with Gasteiger partial charge in [0, 0.05) is 0 Å². The molecule has 0 N–H and O–H groups in total. The summed E-state index contributed by atoms with van der Waals surface area (Å²) in [7, 11) is 0. The summed E-state index contributed by atoms with van der Waals surface area (Å²) in [5.74, 6) is 0.606. The molecule has 0 amide bonds. The van der Waals surface area contributed by atoms with E-state index in [-0.39, 0.29) is 11.8 Å². The molecule has 4 rings (SSSR count). The standard InChI is InChI=1S/C16H14N2O3S2/c19-15-14-12(6-9-22-14)17-16(23-10-13-20-7-8-21-13)18(15)11-4-2-1-3-5-11/h1-6,9,13H,7-8,10H2. The van der Waals surface area contributed by atoms with E-state index >= 15 is 0 Å². The lowest BCUT2D eigenvalue weighted by molar-refractivity contribution is -0.0215. The lowest BCUT2D eigenvalue weighted by Crippen LogP contribution is -2.21. The van der Waals surface area contributed by atoms with Gasteiger partial charge in [-0.25, -0.2) is 4.98 Å². The molecular weight excluding hydrogens is 332 g/mol. The average molecular weight is 346 g/mol. The molecule has 2 aromatic heterocycles.